The number of carbonyl (C=O) groups excluding carboxylic acids is 2. The number of nitrogens with zero attached hydrogens (tertiary/aromatic N) is 5. The van der Waals surface area contributed by atoms with Crippen molar-refractivity contribution in [2.45, 2.75) is 63.8 Å². The molecule has 218 valence electrons. The van der Waals surface area contributed by atoms with Crippen LogP contribution in [0.4, 0.5) is 21.1 Å². The normalized spacial score (nSPS) is 18.8. The first-order chi connectivity index (χ1) is 19.3. The van der Waals surface area contributed by atoms with Crippen LogP contribution in [0, 0.1) is 0 Å². The van der Waals surface area contributed by atoms with Gasteiger partial charge in [0.05, 0.1) is 19.4 Å². The number of nitrogens with one attached hydrogen (secondary N) is 3. The minimum absolute atomic E-state index is 0.0890. The van der Waals surface area contributed by atoms with Gasteiger partial charge in [0.25, 0.3) is 0 Å². The number of imidazole rings is 1. The Hall–Kier alpha value is -3.65. The van der Waals surface area contributed by atoms with E-state index in [9.17, 15) is 19.5 Å². The fourth-order valence-corrected chi connectivity index (χ4v) is 5.72. The highest BCUT2D eigenvalue weighted by Gasteiger charge is 2.48. The van der Waals surface area contributed by atoms with Gasteiger partial charge in [-0.3, -0.25) is 10.1 Å². The molecule has 3 heterocycles. The van der Waals surface area contributed by atoms with E-state index in [0.717, 1.165) is 24.1 Å². The number of hydrogen-bond donors (Lipinski definition) is 4. The molecule has 5 rings (SSSR count). The highest BCUT2D eigenvalue weighted by atomic mass is 79.9. The molecule has 1 aromatic carbocycles. The first-order valence-electron chi connectivity index (χ1n) is 13.0. The van der Waals surface area contributed by atoms with Crippen molar-refractivity contribution in [3.63, 3.8) is 0 Å². The molecule has 1 aliphatic heterocycles. The number of rotatable bonds is 7. The first-order valence-corrected chi connectivity index (χ1v) is 14.2. The number of aromatic nitrogens is 4. The number of amides is 3. The molecule has 0 bridgehead atoms. The molecule has 41 heavy (non-hydrogen) atoms. The zero-order valence-corrected chi connectivity index (χ0v) is 25.0. The lowest BCUT2D eigenvalue weighted by molar-refractivity contribution is -0.126. The van der Waals surface area contributed by atoms with Gasteiger partial charge in [-0.1, -0.05) is 27.5 Å². The highest BCUT2D eigenvalue weighted by Crippen LogP contribution is 2.37. The second kappa shape index (κ2) is 11.0. The quantitative estimate of drug-likeness (QED) is 0.295. The molecule has 1 saturated carbocycles. The van der Waals surface area contributed by atoms with E-state index >= 15 is 0 Å². The van der Waals surface area contributed by atoms with Crippen LogP contribution in [0.2, 0.25) is 5.02 Å². The molecule has 13 nitrogen and oxygen atoms in total. The van der Waals surface area contributed by atoms with Gasteiger partial charge < -0.3 is 29.9 Å². The van der Waals surface area contributed by atoms with Crippen LogP contribution in [-0.4, -0.2) is 73.0 Å². The van der Waals surface area contributed by atoms with Crippen molar-refractivity contribution in [2.75, 3.05) is 23.3 Å². The van der Waals surface area contributed by atoms with Crippen LogP contribution < -0.4 is 20.9 Å². The van der Waals surface area contributed by atoms with Gasteiger partial charge in [-0.15, -0.1) is 0 Å². The summed E-state index contributed by atoms with van der Waals surface area (Å²) in [5.41, 5.74) is 0.442. The van der Waals surface area contributed by atoms with Crippen molar-refractivity contribution >= 4 is 68.3 Å². The van der Waals surface area contributed by atoms with Gasteiger partial charge in [-0.05, 0) is 52.2 Å². The third kappa shape index (κ3) is 6.48. The molecular formula is C26H30BrClN8O5. The van der Waals surface area contributed by atoms with Crippen LogP contribution in [0.1, 0.15) is 45.6 Å². The SMILES string of the molecule is CC(C)(C)OC(=O)Nc1ncnc2c1ncn2Cc1c(Br)cc(Cl)cc1N1CC[C@](NC(=O)O)(C(=O)NC2CC2)C1. The summed E-state index contributed by atoms with van der Waals surface area (Å²) in [4.78, 5) is 52.1. The Labute approximate surface area is 249 Å². The predicted molar refractivity (Wildman–Crippen MR) is 155 cm³/mol. The molecule has 1 atom stereocenters. The third-order valence-electron chi connectivity index (χ3n) is 6.79. The Morgan fingerprint density at radius 3 is 2.66 bits per heavy atom. The molecule has 1 aliphatic carbocycles. The van der Waals surface area contributed by atoms with E-state index in [0.29, 0.717) is 40.2 Å². The molecule has 1 saturated heterocycles. The summed E-state index contributed by atoms with van der Waals surface area (Å²) in [7, 11) is 0. The van der Waals surface area contributed by atoms with Crippen LogP contribution in [-0.2, 0) is 16.1 Å². The number of carboxylic acid groups (broad SMARTS) is 1. The Bertz CT molecular complexity index is 1520. The molecule has 0 unspecified atom stereocenters. The maximum absolute atomic E-state index is 13.2. The summed E-state index contributed by atoms with van der Waals surface area (Å²) in [5, 5.41) is 18.1. The van der Waals surface area contributed by atoms with E-state index in [-0.39, 0.29) is 24.3 Å². The number of hydrogen-bond acceptors (Lipinski definition) is 8. The molecule has 3 amide bonds. The Kier molecular flexibility index (Phi) is 7.72. The summed E-state index contributed by atoms with van der Waals surface area (Å²) < 4.78 is 7.85. The molecule has 0 radical (unpaired) electrons. The number of fused-ring (bicyclic) bond motifs is 1. The molecule has 2 fully saturated rings. The van der Waals surface area contributed by atoms with Gasteiger partial charge in [0.2, 0.25) is 5.91 Å². The van der Waals surface area contributed by atoms with Gasteiger partial charge >= 0.3 is 12.2 Å². The number of carbonyl (C=O) groups is 3. The van der Waals surface area contributed by atoms with Gasteiger partial charge in [0.15, 0.2) is 17.0 Å². The molecule has 0 spiro atoms. The fraction of sp³-hybridized carbons (Fsp3) is 0.462. The summed E-state index contributed by atoms with van der Waals surface area (Å²) >= 11 is 10.1. The third-order valence-corrected chi connectivity index (χ3v) is 7.71. The Morgan fingerprint density at radius 1 is 1.22 bits per heavy atom. The summed E-state index contributed by atoms with van der Waals surface area (Å²) in [6.07, 6.45) is 3.08. The number of anilines is 2. The van der Waals surface area contributed by atoms with E-state index in [1.807, 2.05) is 4.90 Å². The van der Waals surface area contributed by atoms with Crippen LogP contribution in [0.15, 0.2) is 29.3 Å². The molecule has 2 aliphatic rings. The van der Waals surface area contributed by atoms with Crippen molar-refractivity contribution in [3.8, 4) is 0 Å². The van der Waals surface area contributed by atoms with Crippen molar-refractivity contribution in [3.05, 3.63) is 39.8 Å². The van der Waals surface area contributed by atoms with Crippen molar-refractivity contribution in [1.29, 1.82) is 0 Å². The second-order valence-corrected chi connectivity index (χ2v) is 12.5. The summed E-state index contributed by atoms with van der Waals surface area (Å²) in [5.74, 6) is -0.112. The predicted octanol–water partition coefficient (Wildman–Crippen LogP) is 4.13. The largest absolute Gasteiger partial charge is 0.465 e. The highest BCUT2D eigenvalue weighted by molar-refractivity contribution is 9.10. The summed E-state index contributed by atoms with van der Waals surface area (Å²) in [6.45, 7) is 6.15. The van der Waals surface area contributed by atoms with E-state index in [1.54, 1.807) is 43.8 Å². The Balaban J connectivity index is 1.44. The van der Waals surface area contributed by atoms with Gasteiger partial charge in [-0.2, -0.15) is 0 Å². The van der Waals surface area contributed by atoms with Crippen LogP contribution in [0.25, 0.3) is 11.2 Å². The van der Waals surface area contributed by atoms with Crippen LogP contribution in [0.5, 0.6) is 0 Å². The first kappa shape index (κ1) is 28.9. The van der Waals surface area contributed by atoms with Crippen molar-refractivity contribution in [2.24, 2.45) is 0 Å². The lowest BCUT2D eigenvalue weighted by Gasteiger charge is -2.29. The standard InChI is InChI=1S/C26H30BrClN8O5/c1-25(2,3)41-24(40)33-20-19-21(30-12-29-20)36(13-31-19)10-16-17(27)8-14(28)9-18(16)35-7-6-26(11-35,34-23(38)39)22(37)32-15-4-5-15/h8-9,12-13,15,34H,4-7,10-11H2,1-3H3,(H,32,37)(H,38,39)(H,29,30,33,40)/t26-/m1/s1. The zero-order chi connectivity index (χ0) is 29.5. The van der Waals surface area contributed by atoms with Crippen molar-refractivity contribution < 1.29 is 24.2 Å². The average Bonchev–Trinajstić information content (AvgIpc) is 3.42. The number of halogens is 2. The average molecular weight is 650 g/mol. The van der Waals surface area contributed by atoms with E-state index in [4.69, 9.17) is 16.3 Å². The fourth-order valence-electron chi connectivity index (χ4n) is 4.80. The minimum atomic E-state index is -1.29. The molecular weight excluding hydrogens is 620 g/mol. The van der Waals surface area contributed by atoms with Crippen LogP contribution in [0.3, 0.4) is 0 Å². The zero-order valence-electron chi connectivity index (χ0n) is 22.7. The topological polar surface area (TPSA) is 164 Å². The maximum atomic E-state index is 13.2. The number of benzene rings is 1. The maximum Gasteiger partial charge on any atom is 0.413 e. The van der Waals surface area contributed by atoms with Gasteiger partial charge in [-0.25, -0.2) is 24.5 Å². The summed E-state index contributed by atoms with van der Waals surface area (Å²) in [6, 6.07) is 3.65. The van der Waals surface area contributed by atoms with Gasteiger partial charge in [0, 0.05) is 33.3 Å². The lowest BCUT2D eigenvalue weighted by Crippen LogP contribution is -2.60. The lowest BCUT2D eigenvalue weighted by atomic mass is 9.97. The van der Waals surface area contributed by atoms with E-state index in [2.05, 4.69) is 46.8 Å². The van der Waals surface area contributed by atoms with Gasteiger partial charge in [0.1, 0.15) is 17.5 Å². The Morgan fingerprint density at radius 2 is 1.98 bits per heavy atom. The van der Waals surface area contributed by atoms with Crippen molar-refractivity contribution in [1.82, 2.24) is 30.2 Å². The molecule has 4 N–H and O–H groups in total. The minimum Gasteiger partial charge on any atom is -0.465 e. The van der Waals surface area contributed by atoms with Crippen LogP contribution >= 0.6 is 27.5 Å². The molecule has 2 aromatic heterocycles. The van der Waals surface area contributed by atoms with E-state index < -0.39 is 23.3 Å². The molecule has 3 aromatic rings. The smallest absolute Gasteiger partial charge is 0.413 e. The van der Waals surface area contributed by atoms with E-state index in [1.165, 1.54) is 6.33 Å². The molecule has 15 heteroatoms. The monoisotopic (exact) mass is 648 g/mol. The number of ether oxygens (including phenoxy) is 1. The second-order valence-electron chi connectivity index (χ2n) is 11.2.